The average Bonchev–Trinajstić information content (AvgIpc) is 2.14. The van der Waals surface area contributed by atoms with Crippen LogP contribution in [-0.4, -0.2) is 11.7 Å². The van der Waals surface area contributed by atoms with Gasteiger partial charge < -0.3 is 0 Å². The topological polar surface area (TPSA) is 9.23 Å². The minimum atomic E-state index is -4.61. The van der Waals surface area contributed by atoms with Crippen molar-refractivity contribution in [3.63, 3.8) is 0 Å². The third-order valence-electron chi connectivity index (χ3n) is 1.66. The first kappa shape index (κ1) is 13.2. The summed E-state index contributed by atoms with van der Waals surface area (Å²) in [6.07, 6.45) is -5.61. The number of benzene rings is 1. The van der Waals surface area contributed by atoms with Crippen molar-refractivity contribution in [1.29, 1.82) is 0 Å². The van der Waals surface area contributed by atoms with Gasteiger partial charge in [-0.25, -0.2) is 0 Å². The lowest BCUT2D eigenvalue weighted by molar-refractivity contribution is -0.341. The van der Waals surface area contributed by atoms with E-state index in [1.54, 1.807) is 24.3 Å². The second-order valence-corrected chi connectivity index (χ2v) is 4.65. The molecular formula is C9H7BrF3IO. The highest BCUT2D eigenvalue weighted by molar-refractivity contribution is 14.1. The number of alkyl halides is 4. The molecule has 0 saturated heterocycles. The summed E-state index contributed by atoms with van der Waals surface area (Å²) < 4.78 is 41.0. The average molecular weight is 395 g/mol. The predicted molar refractivity (Wildman–Crippen MR) is 62.8 cm³/mol. The van der Waals surface area contributed by atoms with Crippen LogP contribution in [-0.2, 0) is 4.74 Å². The Labute approximate surface area is 107 Å². The zero-order valence-electron chi connectivity index (χ0n) is 7.39. The van der Waals surface area contributed by atoms with E-state index < -0.39 is 12.5 Å². The Kier molecular flexibility index (Phi) is 4.85. The Morgan fingerprint density at radius 1 is 1.27 bits per heavy atom. The summed E-state index contributed by atoms with van der Waals surface area (Å²) >= 11 is 5.08. The molecule has 0 aliphatic heterocycles. The first-order valence-electron chi connectivity index (χ1n) is 3.98. The van der Waals surface area contributed by atoms with Gasteiger partial charge in [-0.15, -0.1) is 13.2 Å². The lowest BCUT2D eigenvalue weighted by Gasteiger charge is -2.17. The van der Waals surface area contributed by atoms with Gasteiger partial charge in [0.25, 0.3) is 0 Å². The number of hydrogen-bond donors (Lipinski definition) is 0. The molecule has 0 aliphatic rings. The van der Waals surface area contributed by atoms with E-state index in [4.69, 9.17) is 0 Å². The molecule has 1 unspecified atom stereocenters. The fourth-order valence-electron chi connectivity index (χ4n) is 1.03. The maximum atomic E-state index is 12.0. The highest BCUT2D eigenvalue weighted by Crippen LogP contribution is 2.29. The van der Waals surface area contributed by atoms with Crippen molar-refractivity contribution in [2.75, 3.05) is 5.33 Å². The maximum Gasteiger partial charge on any atom is 0.523 e. The monoisotopic (exact) mass is 394 g/mol. The van der Waals surface area contributed by atoms with Crippen LogP contribution in [0.4, 0.5) is 13.2 Å². The van der Waals surface area contributed by atoms with Crippen molar-refractivity contribution in [3.05, 3.63) is 33.4 Å². The molecule has 84 valence electrons. The van der Waals surface area contributed by atoms with Gasteiger partial charge in [0.05, 0.1) is 0 Å². The van der Waals surface area contributed by atoms with Gasteiger partial charge in [-0.05, 0) is 40.3 Å². The van der Waals surface area contributed by atoms with Crippen molar-refractivity contribution >= 4 is 38.5 Å². The molecule has 15 heavy (non-hydrogen) atoms. The van der Waals surface area contributed by atoms with E-state index >= 15 is 0 Å². The number of rotatable bonds is 3. The molecule has 0 amide bonds. The van der Waals surface area contributed by atoms with Gasteiger partial charge in [-0.1, -0.05) is 28.1 Å². The van der Waals surface area contributed by atoms with Gasteiger partial charge in [-0.2, -0.15) is 0 Å². The lowest BCUT2D eigenvalue weighted by Crippen LogP contribution is -2.19. The first-order chi connectivity index (χ1) is 6.92. The van der Waals surface area contributed by atoms with E-state index in [0.29, 0.717) is 5.56 Å². The van der Waals surface area contributed by atoms with E-state index in [0.717, 1.165) is 3.57 Å². The number of hydrogen-bond acceptors (Lipinski definition) is 1. The molecule has 1 aromatic carbocycles. The Hall–Kier alpha value is 0.180. The third kappa shape index (κ3) is 4.69. The van der Waals surface area contributed by atoms with Crippen LogP contribution in [0.2, 0.25) is 0 Å². The standard InChI is InChI=1S/C9H7BrF3IO/c10-5-8(15-9(11,12)13)6-1-3-7(14)4-2-6/h1-4,8H,5H2. The smallest absolute Gasteiger partial charge is 0.283 e. The van der Waals surface area contributed by atoms with E-state index in [9.17, 15) is 13.2 Å². The fraction of sp³-hybridized carbons (Fsp3) is 0.333. The normalized spacial score (nSPS) is 13.9. The van der Waals surface area contributed by atoms with Crippen LogP contribution in [0.5, 0.6) is 0 Å². The number of halogens is 5. The van der Waals surface area contributed by atoms with Crippen LogP contribution in [0.25, 0.3) is 0 Å². The van der Waals surface area contributed by atoms with Crippen LogP contribution in [0.15, 0.2) is 24.3 Å². The van der Waals surface area contributed by atoms with Crippen LogP contribution in [0.3, 0.4) is 0 Å². The van der Waals surface area contributed by atoms with Crippen molar-refractivity contribution in [1.82, 2.24) is 0 Å². The maximum absolute atomic E-state index is 12.0. The van der Waals surface area contributed by atoms with Crippen LogP contribution in [0, 0.1) is 3.57 Å². The molecule has 1 aromatic rings. The fourth-order valence-corrected chi connectivity index (χ4v) is 1.89. The second-order valence-electron chi connectivity index (χ2n) is 2.76. The lowest BCUT2D eigenvalue weighted by atomic mass is 10.1. The van der Waals surface area contributed by atoms with Gasteiger partial charge in [0.15, 0.2) is 0 Å². The highest BCUT2D eigenvalue weighted by atomic mass is 127. The molecule has 0 bridgehead atoms. The van der Waals surface area contributed by atoms with Crippen molar-refractivity contribution < 1.29 is 17.9 Å². The molecule has 0 heterocycles. The summed E-state index contributed by atoms with van der Waals surface area (Å²) in [4.78, 5) is 0. The molecule has 0 spiro atoms. The van der Waals surface area contributed by atoms with Crippen molar-refractivity contribution in [2.24, 2.45) is 0 Å². The molecular weight excluding hydrogens is 388 g/mol. The quantitative estimate of drug-likeness (QED) is 0.549. The second kappa shape index (κ2) is 5.49. The first-order valence-corrected chi connectivity index (χ1v) is 6.18. The largest absolute Gasteiger partial charge is 0.523 e. The zero-order chi connectivity index (χ0) is 11.5. The molecule has 6 heteroatoms. The van der Waals surface area contributed by atoms with Crippen LogP contribution < -0.4 is 0 Å². The molecule has 0 saturated carbocycles. The van der Waals surface area contributed by atoms with E-state index in [-0.39, 0.29) is 5.33 Å². The summed E-state index contributed by atoms with van der Waals surface area (Å²) in [6, 6.07) is 6.73. The zero-order valence-corrected chi connectivity index (χ0v) is 11.1. The molecule has 0 fully saturated rings. The van der Waals surface area contributed by atoms with E-state index in [1.165, 1.54) is 0 Å². The van der Waals surface area contributed by atoms with Crippen LogP contribution in [0.1, 0.15) is 11.7 Å². The van der Waals surface area contributed by atoms with E-state index in [2.05, 4.69) is 43.3 Å². The van der Waals surface area contributed by atoms with Crippen molar-refractivity contribution in [2.45, 2.75) is 12.5 Å². The molecule has 0 aromatic heterocycles. The molecule has 1 atom stereocenters. The van der Waals surface area contributed by atoms with Gasteiger partial charge in [0, 0.05) is 8.90 Å². The van der Waals surface area contributed by atoms with E-state index in [1.807, 2.05) is 0 Å². The van der Waals surface area contributed by atoms with Gasteiger partial charge in [0.2, 0.25) is 0 Å². The minimum absolute atomic E-state index is 0.104. The molecule has 0 N–H and O–H groups in total. The SMILES string of the molecule is FC(F)(F)OC(CBr)c1ccc(I)cc1. The third-order valence-corrected chi connectivity index (χ3v) is 2.97. The Bertz CT molecular complexity index is 312. The van der Waals surface area contributed by atoms with Crippen molar-refractivity contribution in [3.8, 4) is 0 Å². The summed E-state index contributed by atoms with van der Waals surface area (Å²) in [5, 5.41) is 0.104. The highest BCUT2D eigenvalue weighted by Gasteiger charge is 2.33. The van der Waals surface area contributed by atoms with Gasteiger partial charge in [-0.3, -0.25) is 4.74 Å². The summed E-state index contributed by atoms with van der Waals surface area (Å²) in [6.45, 7) is 0. The molecule has 1 rings (SSSR count). The number of ether oxygens (including phenoxy) is 1. The Balaban J connectivity index is 2.79. The van der Waals surface area contributed by atoms with Gasteiger partial charge >= 0.3 is 6.36 Å². The summed E-state index contributed by atoms with van der Waals surface area (Å²) in [5.41, 5.74) is 0.504. The Morgan fingerprint density at radius 2 is 1.80 bits per heavy atom. The molecule has 0 aliphatic carbocycles. The summed E-state index contributed by atoms with van der Waals surface area (Å²) in [5.74, 6) is 0. The summed E-state index contributed by atoms with van der Waals surface area (Å²) in [7, 11) is 0. The minimum Gasteiger partial charge on any atom is -0.283 e. The predicted octanol–water partition coefficient (Wildman–Crippen LogP) is 4.26. The Morgan fingerprint density at radius 3 is 2.20 bits per heavy atom. The van der Waals surface area contributed by atoms with Gasteiger partial charge in [0.1, 0.15) is 6.10 Å². The van der Waals surface area contributed by atoms with Crippen LogP contribution >= 0.6 is 38.5 Å². The molecule has 1 nitrogen and oxygen atoms in total. The molecule has 0 radical (unpaired) electrons.